The topological polar surface area (TPSA) is 105 Å². The molecule has 1 N–H and O–H groups in total. The first kappa shape index (κ1) is 25.1. The number of pyridine rings is 1. The van der Waals surface area contributed by atoms with Crippen molar-refractivity contribution < 1.29 is 19.3 Å². The molecule has 0 amide bonds. The van der Waals surface area contributed by atoms with Crippen LogP contribution in [0, 0.1) is 0 Å². The van der Waals surface area contributed by atoms with Gasteiger partial charge in [0.2, 0.25) is 0 Å². The highest BCUT2D eigenvalue weighted by Gasteiger charge is 2.25. The first-order valence-electron chi connectivity index (χ1n) is 12.1. The van der Waals surface area contributed by atoms with E-state index in [0.29, 0.717) is 36.5 Å². The fourth-order valence-corrected chi connectivity index (χ4v) is 4.35. The summed E-state index contributed by atoms with van der Waals surface area (Å²) in [5.74, 6) is 0.309. The molecule has 1 aliphatic heterocycles. The standard InChI is InChI=1S/C26H33N3O6/c1-17(2)35-19-16-27-24-22(21(19)23(30)18-10-5-4-6-11-18)25(31)29(26(32)28(24)3)13-9-15-34-20-12-7-8-14-33-20/h4-6,10-11,16-17,20,23,30H,7-9,12-15H2,1-3H3. The summed E-state index contributed by atoms with van der Waals surface area (Å²) in [5, 5.41) is 11.5. The van der Waals surface area contributed by atoms with Crippen LogP contribution in [0.1, 0.15) is 56.8 Å². The Hall–Kier alpha value is -3.01. The van der Waals surface area contributed by atoms with E-state index in [0.717, 1.165) is 19.3 Å². The molecule has 1 aliphatic rings. The van der Waals surface area contributed by atoms with Crippen molar-refractivity contribution in [2.24, 2.45) is 7.05 Å². The van der Waals surface area contributed by atoms with Crippen molar-refractivity contribution in [1.82, 2.24) is 14.1 Å². The summed E-state index contributed by atoms with van der Waals surface area (Å²) in [6, 6.07) is 9.04. The van der Waals surface area contributed by atoms with Gasteiger partial charge in [-0.25, -0.2) is 9.78 Å². The fraction of sp³-hybridized carbons (Fsp3) is 0.500. The largest absolute Gasteiger partial charge is 0.489 e. The molecule has 1 saturated heterocycles. The molecule has 2 atom stereocenters. The quantitative estimate of drug-likeness (QED) is 0.467. The fourth-order valence-electron chi connectivity index (χ4n) is 4.35. The molecule has 2 unspecified atom stereocenters. The number of ether oxygens (including phenoxy) is 3. The third kappa shape index (κ3) is 5.47. The highest BCUT2D eigenvalue weighted by atomic mass is 16.7. The number of hydrogen-bond donors (Lipinski definition) is 1. The predicted octanol–water partition coefficient (Wildman–Crippen LogP) is 2.90. The minimum absolute atomic E-state index is 0.165. The number of aliphatic hydroxyl groups is 1. The van der Waals surface area contributed by atoms with Crippen molar-refractivity contribution in [2.75, 3.05) is 13.2 Å². The van der Waals surface area contributed by atoms with Crippen LogP contribution in [-0.4, -0.2) is 44.8 Å². The Morgan fingerprint density at radius 2 is 1.97 bits per heavy atom. The van der Waals surface area contributed by atoms with Gasteiger partial charge in [-0.2, -0.15) is 0 Å². The van der Waals surface area contributed by atoms with Crippen molar-refractivity contribution in [3.8, 4) is 5.75 Å². The minimum atomic E-state index is -1.14. The summed E-state index contributed by atoms with van der Waals surface area (Å²) in [6.45, 7) is 4.95. The van der Waals surface area contributed by atoms with Crippen LogP contribution >= 0.6 is 0 Å². The third-order valence-electron chi connectivity index (χ3n) is 6.08. The molecule has 188 valence electrons. The maximum absolute atomic E-state index is 13.7. The third-order valence-corrected chi connectivity index (χ3v) is 6.08. The minimum Gasteiger partial charge on any atom is -0.489 e. The number of benzene rings is 1. The summed E-state index contributed by atoms with van der Waals surface area (Å²) in [4.78, 5) is 31.1. The van der Waals surface area contributed by atoms with Crippen molar-refractivity contribution in [3.05, 3.63) is 68.5 Å². The number of nitrogens with zero attached hydrogens (tertiary/aromatic N) is 3. The van der Waals surface area contributed by atoms with Crippen molar-refractivity contribution in [3.63, 3.8) is 0 Å². The molecule has 0 spiro atoms. The van der Waals surface area contributed by atoms with E-state index in [1.165, 1.54) is 15.3 Å². The molecule has 4 rings (SSSR count). The van der Waals surface area contributed by atoms with E-state index in [1.54, 1.807) is 19.2 Å². The van der Waals surface area contributed by atoms with Gasteiger partial charge in [-0.1, -0.05) is 30.3 Å². The first-order valence-corrected chi connectivity index (χ1v) is 12.1. The molecule has 9 heteroatoms. The SMILES string of the molecule is CC(C)Oc1cnc2c(c1C(O)c1ccccc1)c(=O)n(CCCOC1CCCCO1)c(=O)n2C. The summed E-state index contributed by atoms with van der Waals surface area (Å²) in [7, 11) is 1.57. The Balaban J connectivity index is 1.74. The molecule has 1 fully saturated rings. The van der Waals surface area contributed by atoms with Gasteiger partial charge in [-0.15, -0.1) is 0 Å². The number of aryl methyl sites for hydroxylation is 1. The van der Waals surface area contributed by atoms with Crippen LogP contribution in [0.5, 0.6) is 5.75 Å². The monoisotopic (exact) mass is 483 g/mol. The van der Waals surface area contributed by atoms with Crippen LogP contribution in [-0.2, 0) is 23.1 Å². The normalized spacial score (nSPS) is 17.1. The Bertz CT molecular complexity index is 1260. The van der Waals surface area contributed by atoms with Crippen molar-refractivity contribution in [1.29, 1.82) is 0 Å². The lowest BCUT2D eigenvalue weighted by Crippen LogP contribution is -2.40. The van der Waals surface area contributed by atoms with Crippen molar-refractivity contribution in [2.45, 2.75) is 64.6 Å². The van der Waals surface area contributed by atoms with Crippen LogP contribution in [0.3, 0.4) is 0 Å². The number of aliphatic hydroxyl groups excluding tert-OH is 1. The number of aromatic nitrogens is 3. The molecule has 1 aromatic carbocycles. The van der Waals surface area contributed by atoms with Crippen LogP contribution in [0.4, 0.5) is 0 Å². The van der Waals surface area contributed by atoms with Crippen LogP contribution < -0.4 is 16.0 Å². The van der Waals surface area contributed by atoms with Gasteiger partial charge in [0.1, 0.15) is 17.5 Å². The molecule has 0 saturated carbocycles. The summed E-state index contributed by atoms with van der Waals surface area (Å²) < 4.78 is 19.8. The Labute approximate surface area is 203 Å². The highest BCUT2D eigenvalue weighted by molar-refractivity contribution is 5.81. The second kappa shape index (κ2) is 11.2. The van der Waals surface area contributed by atoms with Gasteiger partial charge in [-0.3, -0.25) is 13.9 Å². The van der Waals surface area contributed by atoms with Gasteiger partial charge in [0.15, 0.2) is 6.29 Å². The molecule has 9 nitrogen and oxygen atoms in total. The van der Waals surface area contributed by atoms with Crippen LogP contribution in [0.25, 0.3) is 11.0 Å². The van der Waals surface area contributed by atoms with Gasteiger partial charge in [0.05, 0.1) is 24.3 Å². The molecule has 2 aromatic heterocycles. The highest BCUT2D eigenvalue weighted by Crippen LogP contribution is 2.34. The molecular formula is C26H33N3O6. The maximum atomic E-state index is 13.7. The van der Waals surface area contributed by atoms with E-state index >= 15 is 0 Å². The average molecular weight is 484 g/mol. The van der Waals surface area contributed by atoms with E-state index in [4.69, 9.17) is 14.2 Å². The second-order valence-electron chi connectivity index (χ2n) is 9.03. The smallest absolute Gasteiger partial charge is 0.332 e. The Morgan fingerprint density at radius 3 is 2.66 bits per heavy atom. The van der Waals surface area contributed by atoms with E-state index < -0.39 is 17.4 Å². The lowest BCUT2D eigenvalue weighted by atomic mass is 9.98. The lowest BCUT2D eigenvalue weighted by Gasteiger charge is -2.23. The molecule has 0 aliphatic carbocycles. The number of fused-ring (bicyclic) bond motifs is 1. The molecule has 0 radical (unpaired) electrons. The number of rotatable bonds is 9. The van der Waals surface area contributed by atoms with Gasteiger partial charge in [0.25, 0.3) is 5.56 Å². The van der Waals surface area contributed by atoms with Gasteiger partial charge in [0, 0.05) is 25.8 Å². The Kier molecular flexibility index (Phi) is 8.00. The van der Waals surface area contributed by atoms with E-state index in [9.17, 15) is 14.7 Å². The van der Waals surface area contributed by atoms with Crippen molar-refractivity contribution >= 4 is 11.0 Å². The van der Waals surface area contributed by atoms with E-state index in [1.807, 2.05) is 32.0 Å². The molecule has 3 heterocycles. The second-order valence-corrected chi connectivity index (χ2v) is 9.03. The first-order chi connectivity index (χ1) is 16.9. The molecule has 35 heavy (non-hydrogen) atoms. The Morgan fingerprint density at radius 1 is 1.20 bits per heavy atom. The van der Waals surface area contributed by atoms with Gasteiger partial charge < -0.3 is 19.3 Å². The average Bonchev–Trinajstić information content (AvgIpc) is 2.87. The van der Waals surface area contributed by atoms with Gasteiger partial charge in [-0.05, 0) is 45.1 Å². The summed E-state index contributed by atoms with van der Waals surface area (Å²) in [5.41, 5.74) is 0.125. The van der Waals surface area contributed by atoms with Gasteiger partial charge >= 0.3 is 5.69 Å². The molecular weight excluding hydrogens is 450 g/mol. The zero-order valence-electron chi connectivity index (χ0n) is 20.5. The van der Waals surface area contributed by atoms with E-state index in [2.05, 4.69) is 4.98 Å². The zero-order valence-corrected chi connectivity index (χ0v) is 20.5. The predicted molar refractivity (Wildman–Crippen MR) is 132 cm³/mol. The maximum Gasteiger partial charge on any atom is 0.332 e. The van der Waals surface area contributed by atoms with E-state index in [-0.39, 0.29) is 30.0 Å². The molecule has 3 aromatic rings. The van der Waals surface area contributed by atoms with Crippen LogP contribution in [0.15, 0.2) is 46.1 Å². The number of hydrogen-bond acceptors (Lipinski definition) is 7. The summed E-state index contributed by atoms with van der Waals surface area (Å²) >= 11 is 0. The zero-order chi connectivity index (χ0) is 24.9. The molecule has 0 bridgehead atoms. The lowest BCUT2D eigenvalue weighted by molar-refractivity contribution is -0.163. The van der Waals surface area contributed by atoms with Crippen LogP contribution in [0.2, 0.25) is 0 Å². The summed E-state index contributed by atoms with van der Waals surface area (Å²) in [6.07, 6.45) is 3.31.